The lowest BCUT2D eigenvalue weighted by atomic mass is 9.99. The van der Waals surface area contributed by atoms with Crippen LogP contribution in [-0.2, 0) is 16.6 Å². The van der Waals surface area contributed by atoms with Crippen LogP contribution in [-0.4, -0.2) is 28.6 Å². The van der Waals surface area contributed by atoms with Gasteiger partial charge in [-0.2, -0.15) is 0 Å². The zero-order chi connectivity index (χ0) is 19.4. The van der Waals surface area contributed by atoms with Gasteiger partial charge in [0.25, 0.3) is 0 Å². The van der Waals surface area contributed by atoms with Crippen molar-refractivity contribution in [1.29, 1.82) is 0 Å². The Morgan fingerprint density at radius 2 is 1.96 bits per heavy atom. The highest BCUT2D eigenvalue weighted by Gasteiger charge is 2.20. The topological polar surface area (TPSA) is 58.6 Å². The lowest BCUT2D eigenvalue weighted by Gasteiger charge is -2.32. The zero-order valence-electron chi connectivity index (χ0n) is 15.6. The average Bonchev–Trinajstić information content (AvgIpc) is 2.67. The highest BCUT2D eigenvalue weighted by molar-refractivity contribution is 9.10. The molecule has 0 amide bonds. The molecule has 146 valence electrons. The van der Waals surface area contributed by atoms with Gasteiger partial charge in [0.15, 0.2) is 0 Å². The van der Waals surface area contributed by atoms with E-state index in [2.05, 4.69) is 44.6 Å². The molecule has 2 aromatic rings. The third-order valence-electron chi connectivity index (χ3n) is 4.84. The Morgan fingerprint density at radius 1 is 1.22 bits per heavy atom. The van der Waals surface area contributed by atoms with Crippen LogP contribution in [0.1, 0.15) is 25.3 Å². The predicted octanol–water partition coefficient (Wildman–Crippen LogP) is 4.17. The van der Waals surface area contributed by atoms with Crippen molar-refractivity contribution >= 4 is 31.6 Å². The number of rotatable bonds is 6. The van der Waals surface area contributed by atoms with Crippen molar-refractivity contribution in [2.75, 3.05) is 25.1 Å². The summed E-state index contributed by atoms with van der Waals surface area (Å²) in [4.78, 5) is 2.52. The van der Waals surface area contributed by atoms with Gasteiger partial charge in [0.05, 0.1) is 7.11 Å². The number of ether oxygens (including phenoxy) is 1. The van der Waals surface area contributed by atoms with E-state index in [4.69, 9.17) is 4.74 Å². The van der Waals surface area contributed by atoms with Crippen LogP contribution in [0.2, 0.25) is 0 Å². The minimum atomic E-state index is -3.68. The molecule has 1 saturated heterocycles. The van der Waals surface area contributed by atoms with Crippen LogP contribution in [0.3, 0.4) is 0 Å². The number of benzene rings is 2. The van der Waals surface area contributed by atoms with E-state index < -0.39 is 10.0 Å². The molecule has 1 heterocycles. The molecule has 2 aromatic carbocycles. The van der Waals surface area contributed by atoms with Crippen LogP contribution in [0.25, 0.3) is 0 Å². The van der Waals surface area contributed by atoms with E-state index in [1.165, 1.54) is 25.6 Å². The van der Waals surface area contributed by atoms with E-state index in [0.717, 1.165) is 18.7 Å². The van der Waals surface area contributed by atoms with Gasteiger partial charge in [0.2, 0.25) is 10.0 Å². The fourth-order valence-electron chi connectivity index (χ4n) is 3.37. The van der Waals surface area contributed by atoms with Gasteiger partial charge in [0, 0.05) is 29.8 Å². The number of sulfonamides is 1. The van der Waals surface area contributed by atoms with Crippen LogP contribution in [0, 0.1) is 5.92 Å². The first-order valence-electron chi connectivity index (χ1n) is 9.06. The molecule has 3 rings (SSSR count). The molecule has 1 fully saturated rings. The Bertz CT molecular complexity index is 885. The van der Waals surface area contributed by atoms with Crippen molar-refractivity contribution in [3.8, 4) is 5.75 Å². The summed E-state index contributed by atoms with van der Waals surface area (Å²) in [7, 11) is -2.22. The van der Waals surface area contributed by atoms with Crippen LogP contribution in [0.5, 0.6) is 5.75 Å². The Labute approximate surface area is 169 Å². The van der Waals surface area contributed by atoms with Gasteiger partial charge >= 0.3 is 0 Å². The number of nitrogens with one attached hydrogen (secondary N) is 1. The van der Waals surface area contributed by atoms with Gasteiger partial charge in [-0.15, -0.1) is 0 Å². The molecule has 0 radical (unpaired) electrons. The summed E-state index contributed by atoms with van der Waals surface area (Å²) in [5.41, 5.74) is 2.11. The Balaban J connectivity index is 1.68. The number of halogens is 1. The van der Waals surface area contributed by atoms with Crippen molar-refractivity contribution in [2.24, 2.45) is 5.92 Å². The Kier molecular flexibility index (Phi) is 6.44. The second-order valence-corrected chi connectivity index (χ2v) is 9.63. The molecule has 0 aliphatic carbocycles. The summed E-state index contributed by atoms with van der Waals surface area (Å²) in [6.07, 6.45) is 2.51. The molecule has 1 atom stereocenters. The Morgan fingerprint density at radius 3 is 2.63 bits per heavy atom. The molecule has 1 N–H and O–H groups in total. The lowest BCUT2D eigenvalue weighted by Crippen LogP contribution is -2.34. The third-order valence-corrected chi connectivity index (χ3v) is 6.76. The van der Waals surface area contributed by atoms with E-state index in [9.17, 15) is 8.42 Å². The lowest BCUT2D eigenvalue weighted by molar-refractivity contribution is 0.402. The van der Waals surface area contributed by atoms with Crippen LogP contribution < -0.4 is 14.4 Å². The summed E-state index contributed by atoms with van der Waals surface area (Å²) >= 11 is 3.31. The Hall–Kier alpha value is -1.57. The molecule has 1 aliphatic rings. The SMILES string of the molecule is COc1ccc(Br)cc1S(=O)(=O)NCc1ccc(N2CCCC(C)C2)cc1. The maximum atomic E-state index is 12.7. The predicted molar refractivity (Wildman–Crippen MR) is 112 cm³/mol. The molecule has 1 unspecified atom stereocenters. The molecule has 5 nitrogen and oxygen atoms in total. The average molecular weight is 453 g/mol. The quantitative estimate of drug-likeness (QED) is 0.714. The normalized spacial score (nSPS) is 17.7. The van der Waals surface area contributed by atoms with Crippen molar-refractivity contribution in [2.45, 2.75) is 31.2 Å². The van der Waals surface area contributed by atoms with E-state index in [-0.39, 0.29) is 11.4 Å². The fourth-order valence-corrected chi connectivity index (χ4v) is 5.09. The first kappa shape index (κ1) is 20.2. The minimum Gasteiger partial charge on any atom is -0.495 e. The number of methoxy groups -OCH3 is 1. The third kappa shape index (κ3) is 5.03. The highest BCUT2D eigenvalue weighted by atomic mass is 79.9. The number of hydrogen-bond donors (Lipinski definition) is 1. The minimum absolute atomic E-state index is 0.123. The van der Waals surface area contributed by atoms with E-state index >= 15 is 0 Å². The van der Waals surface area contributed by atoms with Gasteiger partial charge in [0.1, 0.15) is 10.6 Å². The fraction of sp³-hybridized carbons (Fsp3) is 0.400. The molecule has 0 bridgehead atoms. The van der Waals surface area contributed by atoms with Crippen molar-refractivity contribution in [1.82, 2.24) is 4.72 Å². The summed E-state index contributed by atoms with van der Waals surface area (Å²) in [5, 5.41) is 0. The smallest absolute Gasteiger partial charge is 0.244 e. The zero-order valence-corrected chi connectivity index (χ0v) is 18.0. The number of anilines is 1. The van der Waals surface area contributed by atoms with E-state index in [1.54, 1.807) is 18.2 Å². The first-order chi connectivity index (χ1) is 12.9. The van der Waals surface area contributed by atoms with Gasteiger partial charge in [-0.25, -0.2) is 13.1 Å². The highest BCUT2D eigenvalue weighted by Crippen LogP contribution is 2.27. The van der Waals surface area contributed by atoms with Crippen molar-refractivity contribution < 1.29 is 13.2 Å². The molecular formula is C20H25BrN2O3S. The van der Waals surface area contributed by atoms with Crippen LogP contribution in [0.15, 0.2) is 51.8 Å². The number of piperidine rings is 1. The summed E-state index contributed by atoms with van der Waals surface area (Å²) in [6, 6.07) is 13.0. The maximum Gasteiger partial charge on any atom is 0.244 e. The molecule has 27 heavy (non-hydrogen) atoms. The van der Waals surface area contributed by atoms with E-state index in [1.807, 2.05) is 12.1 Å². The standard InChI is InChI=1S/C20H25BrN2O3S/c1-15-4-3-11-23(14-15)18-8-5-16(6-9-18)13-22-27(24,25)20-12-17(21)7-10-19(20)26-2/h5-10,12,15,22H,3-4,11,13-14H2,1-2H3. The molecule has 0 saturated carbocycles. The maximum absolute atomic E-state index is 12.7. The number of hydrogen-bond acceptors (Lipinski definition) is 4. The summed E-state index contributed by atoms with van der Waals surface area (Å²) in [5.74, 6) is 1.03. The van der Waals surface area contributed by atoms with Crippen LogP contribution >= 0.6 is 15.9 Å². The molecule has 7 heteroatoms. The van der Waals surface area contributed by atoms with Gasteiger partial charge in [-0.1, -0.05) is 35.0 Å². The first-order valence-corrected chi connectivity index (χ1v) is 11.3. The van der Waals surface area contributed by atoms with Gasteiger partial charge < -0.3 is 9.64 Å². The molecular weight excluding hydrogens is 428 g/mol. The van der Waals surface area contributed by atoms with Crippen molar-refractivity contribution in [3.05, 3.63) is 52.5 Å². The summed E-state index contributed by atoms with van der Waals surface area (Å²) < 4.78 is 33.9. The van der Waals surface area contributed by atoms with E-state index in [0.29, 0.717) is 16.1 Å². The molecule has 1 aliphatic heterocycles. The van der Waals surface area contributed by atoms with Crippen LogP contribution in [0.4, 0.5) is 5.69 Å². The monoisotopic (exact) mass is 452 g/mol. The molecule has 0 spiro atoms. The summed E-state index contributed by atoms with van der Waals surface area (Å²) in [6.45, 7) is 4.67. The van der Waals surface area contributed by atoms with Crippen molar-refractivity contribution in [3.63, 3.8) is 0 Å². The largest absolute Gasteiger partial charge is 0.495 e. The van der Waals surface area contributed by atoms with Gasteiger partial charge in [-0.3, -0.25) is 0 Å². The number of nitrogens with zero attached hydrogens (tertiary/aromatic N) is 1. The molecule has 0 aromatic heterocycles. The van der Waals surface area contributed by atoms with Gasteiger partial charge in [-0.05, 0) is 54.7 Å². The second kappa shape index (κ2) is 8.63. The second-order valence-electron chi connectivity index (χ2n) is 6.98.